The quantitative estimate of drug-likeness (QED) is 0.284. The van der Waals surface area contributed by atoms with E-state index in [9.17, 15) is 5.11 Å². The van der Waals surface area contributed by atoms with Crippen LogP contribution in [0.15, 0.2) is 22.7 Å². The van der Waals surface area contributed by atoms with Crippen LogP contribution in [0, 0.1) is 12.8 Å². The maximum atomic E-state index is 9.71. The molecule has 170 valence electrons. The molecule has 0 amide bonds. The summed E-state index contributed by atoms with van der Waals surface area (Å²) < 4.78 is 13.3. The lowest BCUT2D eigenvalue weighted by Crippen LogP contribution is -2.36. The van der Waals surface area contributed by atoms with Gasteiger partial charge in [0.05, 0.1) is 13.2 Å². The van der Waals surface area contributed by atoms with Crippen molar-refractivity contribution < 1.29 is 18.9 Å². The van der Waals surface area contributed by atoms with Crippen LogP contribution in [0.25, 0.3) is 11.4 Å². The lowest BCUT2D eigenvalue weighted by atomic mass is 10.0. The van der Waals surface area contributed by atoms with E-state index in [1.807, 2.05) is 29.7 Å². The van der Waals surface area contributed by atoms with Crippen LogP contribution < -0.4 is 16.2 Å². The van der Waals surface area contributed by atoms with Crippen molar-refractivity contribution in [2.24, 2.45) is 17.4 Å². The highest BCUT2D eigenvalue weighted by molar-refractivity contribution is 5.70. The van der Waals surface area contributed by atoms with E-state index in [-0.39, 0.29) is 24.5 Å². The molecule has 0 saturated carbocycles. The maximum absolute atomic E-state index is 9.71. The molecule has 31 heavy (non-hydrogen) atoms. The van der Waals surface area contributed by atoms with Crippen molar-refractivity contribution in [3.05, 3.63) is 29.7 Å². The highest BCUT2D eigenvalue weighted by atomic mass is 16.5. The molecule has 0 radical (unpaired) electrons. The van der Waals surface area contributed by atoms with Gasteiger partial charge in [-0.1, -0.05) is 44.2 Å². The number of unbranched alkanes of at least 4 members (excludes halogenated alkanes) is 5. The Hall–Kier alpha value is -2.61. The van der Waals surface area contributed by atoms with Gasteiger partial charge in [-0.05, 0) is 43.5 Å². The Morgan fingerprint density at radius 3 is 2.71 bits per heavy atom. The molecule has 8 heteroatoms. The topological polar surface area (TPSA) is 123 Å². The van der Waals surface area contributed by atoms with E-state index in [0.717, 1.165) is 36.3 Å². The molecule has 0 bridgehead atoms. The minimum Gasteiger partial charge on any atom is -0.493 e. The zero-order chi connectivity index (χ0) is 22.2. The van der Waals surface area contributed by atoms with E-state index in [0.29, 0.717) is 18.3 Å². The molecule has 1 aromatic carbocycles. The SMILES string of the molecule is CCCCCCCCOc1ccc(-c2noc([C@@H]3[C@@H](CO)CC[N+]3=C(N)N)n2)cc1C. The lowest BCUT2D eigenvalue weighted by molar-refractivity contribution is -0.559. The number of ether oxygens (including phenoxy) is 1. The number of aliphatic hydroxyl groups excluding tert-OH is 1. The van der Waals surface area contributed by atoms with Crippen LogP contribution in [0.2, 0.25) is 0 Å². The van der Waals surface area contributed by atoms with Crippen molar-refractivity contribution in [1.29, 1.82) is 0 Å². The smallest absolute Gasteiger partial charge is 0.341 e. The molecule has 1 saturated heterocycles. The Morgan fingerprint density at radius 2 is 2.00 bits per heavy atom. The molecule has 3 rings (SSSR count). The van der Waals surface area contributed by atoms with Gasteiger partial charge in [0.25, 0.3) is 5.89 Å². The fourth-order valence-electron chi connectivity index (χ4n) is 4.16. The second kappa shape index (κ2) is 11.1. The van der Waals surface area contributed by atoms with Crippen LogP contribution in [-0.2, 0) is 0 Å². The van der Waals surface area contributed by atoms with Gasteiger partial charge in [0.15, 0.2) is 6.04 Å². The molecule has 0 spiro atoms. The van der Waals surface area contributed by atoms with Gasteiger partial charge in [0.2, 0.25) is 5.82 Å². The number of aromatic nitrogens is 2. The predicted molar refractivity (Wildman–Crippen MR) is 120 cm³/mol. The molecule has 8 nitrogen and oxygen atoms in total. The van der Waals surface area contributed by atoms with E-state index in [4.69, 9.17) is 20.7 Å². The largest absolute Gasteiger partial charge is 0.493 e. The average molecular weight is 431 g/mol. The first kappa shape index (κ1) is 23.1. The summed E-state index contributed by atoms with van der Waals surface area (Å²) in [7, 11) is 0. The number of aliphatic hydroxyl groups is 1. The third-order valence-corrected chi connectivity index (χ3v) is 5.97. The average Bonchev–Trinajstić information content (AvgIpc) is 3.40. The number of rotatable bonds is 11. The van der Waals surface area contributed by atoms with Crippen molar-refractivity contribution in [2.45, 2.75) is 64.8 Å². The Morgan fingerprint density at radius 1 is 1.23 bits per heavy atom. The molecule has 2 atom stereocenters. The minimum absolute atomic E-state index is 0.00983. The molecule has 2 aromatic rings. The van der Waals surface area contributed by atoms with Crippen LogP contribution >= 0.6 is 0 Å². The molecule has 2 heterocycles. The van der Waals surface area contributed by atoms with E-state index in [1.165, 1.54) is 32.1 Å². The number of aryl methyl sites for hydroxylation is 1. The number of benzene rings is 1. The standard InChI is InChI=1S/C23H35N5O3/c1-3-4-5-6-7-8-13-30-19-10-9-17(14-16(19)2)21-26-22(31-27-21)20-18(15-29)11-12-28(20)23(24)25/h9-10,14,18,20,29H,3-8,11-13,15H2,1-2H3,(H3,24,25)/p+1/t18-,20+/m1/s1. The molecular formula is C23H36N5O3+. The summed E-state index contributed by atoms with van der Waals surface area (Å²) >= 11 is 0. The maximum Gasteiger partial charge on any atom is 0.341 e. The van der Waals surface area contributed by atoms with Gasteiger partial charge in [0.1, 0.15) is 5.75 Å². The molecule has 1 aromatic heterocycles. The normalized spacial score (nSPS) is 18.5. The molecule has 5 N–H and O–H groups in total. The van der Waals surface area contributed by atoms with Crippen molar-refractivity contribution in [1.82, 2.24) is 10.1 Å². The summed E-state index contributed by atoms with van der Waals surface area (Å²) in [5.74, 6) is 1.95. The van der Waals surface area contributed by atoms with Crippen LogP contribution in [-0.4, -0.2) is 45.5 Å². The first-order valence-corrected chi connectivity index (χ1v) is 11.4. The number of guanidine groups is 1. The summed E-state index contributed by atoms with van der Waals surface area (Å²) in [6.45, 7) is 5.64. The molecule has 1 fully saturated rings. The second-order valence-corrected chi connectivity index (χ2v) is 8.35. The summed E-state index contributed by atoms with van der Waals surface area (Å²) in [5.41, 5.74) is 13.5. The predicted octanol–water partition coefficient (Wildman–Crippen LogP) is 3.12. The summed E-state index contributed by atoms with van der Waals surface area (Å²) in [6.07, 6.45) is 8.22. The van der Waals surface area contributed by atoms with Crippen LogP contribution in [0.4, 0.5) is 0 Å². The van der Waals surface area contributed by atoms with Crippen LogP contribution in [0.5, 0.6) is 5.75 Å². The summed E-state index contributed by atoms with van der Waals surface area (Å²) in [4.78, 5) is 4.58. The zero-order valence-electron chi connectivity index (χ0n) is 18.7. The van der Waals surface area contributed by atoms with Crippen molar-refractivity contribution in [3.63, 3.8) is 0 Å². The van der Waals surface area contributed by atoms with Gasteiger partial charge in [-0.2, -0.15) is 4.98 Å². The number of hydrogen-bond acceptors (Lipinski definition) is 5. The Labute approximate surface area is 184 Å². The monoisotopic (exact) mass is 430 g/mol. The first-order chi connectivity index (χ1) is 15.0. The minimum atomic E-state index is -0.308. The Bertz CT molecular complexity index is 876. The Kier molecular flexibility index (Phi) is 8.28. The number of nitrogens with zero attached hydrogens (tertiary/aromatic N) is 3. The van der Waals surface area contributed by atoms with E-state index < -0.39 is 0 Å². The van der Waals surface area contributed by atoms with Gasteiger partial charge in [0, 0.05) is 18.1 Å². The van der Waals surface area contributed by atoms with Crippen LogP contribution in [0.3, 0.4) is 0 Å². The molecule has 0 aliphatic carbocycles. The van der Waals surface area contributed by atoms with Crippen molar-refractivity contribution in [3.8, 4) is 17.1 Å². The summed E-state index contributed by atoms with van der Waals surface area (Å²) in [6, 6.07) is 5.60. The van der Waals surface area contributed by atoms with Gasteiger partial charge in [-0.15, -0.1) is 0 Å². The van der Waals surface area contributed by atoms with Crippen LogP contribution in [0.1, 0.15) is 69.4 Å². The van der Waals surface area contributed by atoms with E-state index in [1.54, 1.807) is 0 Å². The number of nitrogens with two attached hydrogens (primary N) is 2. The van der Waals surface area contributed by atoms with Crippen molar-refractivity contribution in [2.75, 3.05) is 19.8 Å². The van der Waals surface area contributed by atoms with Gasteiger partial charge in [-0.3, -0.25) is 16.0 Å². The highest BCUT2D eigenvalue weighted by Crippen LogP contribution is 2.34. The highest BCUT2D eigenvalue weighted by Gasteiger charge is 2.39. The molecular weight excluding hydrogens is 394 g/mol. The second-order valence-electron chi connectivity index (χ2n) is 8.35. The molecule has 0 unspecified atom stereocenters. The van der Waals surface area contributed by atoms with Gasteiger partial charge in [-0.25, -0.2) is 0 Å². The Balaban J connectivity index is 1.63. The third kappa shape index (κ3) is 5.76. The van der Waals surface area contributed by atoms with Gasteiger partial charge >= 0.3 is 5.96 Å². The first-order valence-electron chi connectivity index (χ1n) is 11.4. The molecule has 1 aliphatic rings. The number of hydrogen-bond donors (Lipinski definition) is 3. The summed E-state index contributed by atoms with van der Waals surface area (Å²) in [5, 5.41) is 13.9. The fourth-order valence-corrected chi connectivity index (χ4v) is 4.16. The van der Waals surface area contributed by atoms with Gasteiger partial charge < -0.3 is 14.4 Å². The van der Waals surface area contributed by atoms with Crippen molar-refractivity contribution >= 4 is 5.96 Å². The lowest BCUT2D eigenvalue weighted by Gasteiger charge is -2.13. The van der Waals surface area contributed by atoms with E-state index >= 15 is 0 Å². The zero-order valence-corrected chi connectivity index (χ0v) is 18.7. The molecule has 1 aliphatic heterocycles. The fraction of sp³-hybridized carbons (Fsp3) is 0.609. The van der Waals surface area contributed by atoms with E-state index in [2.05, 4.69) is 17.1 Å². The third-order valence-electron chi connectivity index (χ3n) is 5.97.